The summed E-state index contributed by atoms with van der Waals surface area (Å²) in [6, 6.07) is -0.141. The summed E-state index contributed by atoms with van der Waals surface area (Å²) < 4.78 is 0. The van der Waals surface area contributed by atoms with Crippen molar-refractivity contribution in [3.63, 3.8) is 0 Å². The highest BCUT2D eigenvalue weighted by Gasteiger charge is 2.41. The monoisotopic (exact) mass is 288 g/mol. The van der Waals surface area contributed by atoms with E-state index in [0.717, 1.165) is 18.2 Å². The maximum absolute atomic E-state index is 11.8. The van der Waals surface area contributed by atoms with E-state index >= 15 is 0 Å². The Morgan fingerprint density at radius 1 is 1.31 bits per heavy atom. The molecule has 0 spiro atoms. The van der Waals surface area contributed by atoms with E-state index in [2.05, 4.69) is 15.9 Å². The Morgan fingerprint density at radius 2 is 1.94 bits per heavy atom. The first-order chi connectivity index (χ1) is 7.58. The van der Waals surface area contributed by atoms with Gasteiger partial charge in [0, 0.05) is 18.9 Å². The van der Waals surface area contributed by atoms with Gasteiger partial charge in [-0.1, -0.05) is 28.8 Å². The molecule has 0 radical (unpaired) electrons. The molecule has 1 aliphatic heterocycles. The van der Waals surface area contributed by atoms with Crippen LogP contribution in [0, 0.1) is 5.41 Å². The number of nitrogens with zero attached hydrogens (tertiary/aromatic N) is 2. The number of amides is 3. The first-order valence-corrected chi connectivity index (χ1v) is 6.82. The summed E-state index contributed by atoms with van der Waals surface area (Å²) in [5.74, 6) is -0.0558. The smallest absolute Gasteiger partial charge is 0.318 e. The molecule has 0 aromatic carbocycles. The lowest BCUT2D eigenvalue weighted by Gasteiger charge is -2.30. The second-order valence-electron chi connectivity index (χ2n) is 4.96. The molecule has 2 rings (SSSR count). The molecule has 0 aromatic rings. The molecule has 90 valence electrons. The quantitative estimate of drug-likeness (QED) is 0.587. The van der Waals surface area contributed by atoms with Gasteiger partial charge in [0.25, 0.3) is 0 Å². The Hall–Kier alpha value is -0.580. The van der Waals surface area contributed by atoms with Gasteiger partial charge < -0.3 is 4.90 Å². The molecule has 0 N–H and O–H groups in total. The van der Waals surface area contributed by atoms with Crippen molar-refractivity contribution in [2.24, 2.45) is 5.41 Å². The third-order valence-electron chi connectivity index (χ3n) is 3.67. The molecule has 0 aromatic heterocycles. The number of likely N-dealkylation sites (N-methyl/N-ethyl adjacent to an activating group) is 1. The van der Waals surface area contributed by atoms with Crippen molar-refractivity contribution in [2.75, 3.05) is 25.5 Å². The van der Waals surface area contributed by atoms with Crippen LogP contribution in [0.4, 0.5) is 4.79 Å². The number of hydrogen-bond donors (Lipinski definition) is 0. The van der Waals surface area contributed by atoms with E-state index in [0.29, 0.717) is 6.54 Å². The Bertz CT molecular complexity index is 313. The number of imide groups is 1. The van der Waals surface area contributed by atoms with Gasteiger partial charge in [-0.15, -0.1) is 0 Å². The normalized spacial score (nSPS) is 24.6. The molecule has 1 saturated heterocycles. The van der Waals surface area contributed by atoms with E-state index in [4.69, 9.17) is 0 Å². The highest BCUT2D eigenvalue weighted by atomic mass is 79.9. The number of rotatable bonds is 3. The summed E-state index contributed by atoms with van der Waals surface area (Å²) in [7, 11) is 1.68. The first kappa shape index (κ1) is 11.9. The van der Waals surface area contributed by atoms with Crippen LogP contribution in [0.1, 0.15) is 25.7 Å². The fraction of sp³-hybridized carbons (Fsp3) is 0.818. The summed E-state index contributed by atoms with van der Waals surface area (Å²) in [6.45, 7) is 0.817. The zero-order chi connectivity index (χ0) is 11.8. The molecule has 4 nitrogen and oxygen atoms in total. The van der Waals surface area contributed by atoms with Gasteiger partial charge in [0.15, 0.2) is 0 Å². The molecule has 0 bridgehead atoms. The van der Waals surface area contributed by atoms with E-state index in [1.165, 1.54) is 22.6 Å². The minimum atomic E-state index is -0.141. The average Bonchev–Trinajstić information content (AvgIpc) is 2.81. The Labute approximate surface area is 104 Å². The number of halogens is 1. The first-order valence-electron chi connectivity index (χ1n) is 5.69. The van der Waals surface area contributed by atoms with E-state index in [1.807, 2.05) is 0 Å². The summed E-state index contributed by atoms with van der Waals surface area (Å²) in [5, 5.41) is 0.876. The molecule has 3 amide bonds. The molecular formula is C11H17BrN2O2. The van der Waals surface area contributed by atoms with Crippen LogP contribution in [0.3, 0.4) is 0 Å². The minimum Gasteiger partial charge on any atom is -0.318 e. The zero-order valence-corrected chi connectivity index (χ0v) is 11.1. The summed E-state index contributed by atoms with van der Waals surface area (Å²) in [6.07, 6.45) is 4.63. The van der Waals surface area contributed by atoms with Crippen LogP contribution in [-0.2, 0) is 4.79 Å². The van der Waals surface area contributed by atoms with Gasteiger partial charge in [-0.05, 0) is 18.3 Å². The van der Waals surface area contributed by atoms with Gasteiger partial charge in [-0.3, -0.25) is 9.69 Å². The zero-order valence-electron chi connectivity index (χ0n) is 9.54. The van der Waals surface area contributed by atoms with Crippen molar-refractivity contribution < 1.29 is 9.59 Å². The highest BCUT2D eigenvalue weighted by Crippen LogP contribution is 2.40. The van der Waals surface area contributed by atoms with Gasteiger partial charge in [0.2, 0.25) is 5.91 Å². The molecule has 0 atom stereocenters. The van der Waals surface area contributed by atoms with Crippen LogP contribution in [0.2, 0.25) is 0 Å². The fourth-order valence-corrected chi connectivity index (χ4v) is 3.36. The molecule has 16 heavy (non-hydrogen) atoms. The van der Waals surface area contributed by atoms with Gasteiger partial charge in [-0.25, -0.2) is 4.79 Å². The van der Waals surface area contributed by atoms with Crippen LogP contribution >= 0.6 is 15.9 Å². The summed E-state index contributed by atoms with van der Waals surface area (Å²) in [5.41, 5.74) is 0.122. The number of hydrogen-bond acceptors (Lipinski definition) is 2. The average molecular weight is 289 g/mol. The SMILES string of the molecule is CN1CC(=O)N(CC2(CBr)CCCC2)C1=O. The van der Waals surface area contributed by atoms with Crippen molar-refractivity contribution >= 4 is 27.9 Å². The van der Waals surface area contributed by atoms with Crippen LogP contribution in [0.15, 0.2) is 0 Å². The van der Waals surface area contributed by atoms with Crippen molar-refractivity contribution in [1.82, 2.24) is 9.80 Å². The van der Waals surface area contributed by atoms with Crippen molar-refractivity contribution in [1.29, 1.82) is 0 Å². The topological polar surface area (TPSA) is 40.6 Å². The van der Waals surface area contributed by atoms with Crippen LogP contribution in [0.25, 0.3) is 0 Å². The number of carbonyl (C=O) groups is 2. The third kappa shape index (κ3) is 1.97. The maximum atomic E-state index is 11.8. The van der Waals surface area contributed by atoms with E-state index in [-0.39, 0.29) is 23.9 Å². The number of urea groups is 1. The number of carbonyl (C=O) groups excluding carboxylic acids is 2. The lowest BCUT2D eigenvalue weighted by molar-refractivity contribution is -0.126. The Morgan fingerprint density at radius 3 is 2.38 bits per heavy atom. The second-order valence-corrected chi connectivity index (χ2v) is 5.52. The maximum Gasteiger partial charge on any atom is 0.326 e. The van der Waals surface area contributed by atoms with E-state index in [9.17, 15) is 9.59 Å². The molecule has 0 unspecified atom stereocenters. The fourth-order valence-electron chi connectivity index (χ4n) is 2.62. The highest BCUT2D eigenvalue weighted by molar-refractivity contribution is 9.09. The van der Waals surface area contributed by atoms with Crippen molar-refractivity contribution in [3.05, 3.63) is 0 Å². The predicted molar refractivity (Wildman–Crippen MR) is 64.4 cm³/mol. The van der Waals surface area contributed by atoms with Crippen LogP contribution < -0.4 is 0 Å². The lowest BCUT2D eigenvalue weighted by Crippen LogP contribution is -2.41. The van der Waals surface area contributed by atoms with Gasteiger partial charge in [0.05, 0.1) is 0 Å². The Kier molecular flexibility index (Phi) is 3.24. The number of alkyl halides is 1. The molecule has 1 heterocycles. The summed E-state index contributed by atoms with van der Waals surface area (Å²) in [4.78, 5) is 26.4. The molecule has 5 heteroatoms. The largest absolute Gasteiger partial charge is 0.326 e. The third-order valence-corrected chi connectivity index (χ3v) is 4.86. The molecule has 1 saturated carbocycles. The van der Waals surface area contributed by atoms with E-state index < -0.39 is 0 Å². The van der Waals surface area contributed by atoms with Gasteiger partial charge in [0.1, 0.15) is 6.54 Å². The standard InChI is InChI=1S/C11H17BrN2O2/c1-13-6-9(15)14(10(13)16)8-11(7-12)4-2-3-5-11/h2-8H2,1H3. The molecule has 1 aliphatic carbocycles. The predicted octanol–water partition coefficient (Wildman–Crippen LogP) is 1.84. The summed E-state index contributed by atoms with van der Waals surface area (Å²) >= 11 is 3.53. The van der Waals surface area contributed by atoms with Gasteiger partial charge >= 0.3 is 6.03 Å². The van der Waals surface area contributed by atoms with Gasteiger partial charge in [-0.2, -0.15) is 0 Å². The second kappa shape index (κ2) is 4.35. The van der Waals surface area contributed by atoms with E-state index in [1.54, 1.807) is 7.05 Å². The Balaban J connectivity index is 2.08. The molecular weight excluding hydrogens is 272 g/mol. The minimum absolute atomic E-state index is 0.0558. The van der Waals surface area contributed by atoms with Crippen molar-refractivity contribution in [2.45, 2.75) is 25.7 Å². The van der Waals surface area contributed by atoms with Crippen molar-refractivity contribution in [3.8, 4) is 0 Å². The van der Waals surface area contributed by atoms with Crippen LogP contribution in [0.5, 0.6) is 0 Å². The molecule has 2 fully saturated rings. The van der Waals surface area contributed by atoms with Crippen LogP contribution in [-0.4, -0.2) is 47.2 Å². The molecule has 2 aliphatic rings. The lowest BCUT2D eigenvalue weighted by atomic mass is 9.88.